The van der Waals surface area contributed by atoms with Gasteiger partial charge < -0.3 is 4.90 Å². The lowest BCUT2D eigenvalue weighted by atomic mass is 9.98. The zero-order valence-corrected chi connectivity index (χ0v) is 15.1. The van der Waals surface area contributed by atoms with Crippen LogP contribution in [0.2, 0.25) is 0 Å². The minimum atomic E-state index is -0.808. The van der Waals surface area contributed by atoms with Crippen molar-refractivity contribution in [2.45, 2.75) is 11.8 Å². The first-order chi connectivity index (χ1) is 12.9. The summed E-state index contributed by atoms with van der Waals surface area (Å²) in [4.78, 5) is 23.3. The molecule has 1 aliphatic rings. The lowest BCUT2D eigenvalue weighted by Gasteiger charge is -2.38. The van der Waals surface area contributed by atoms with Crippen LogP contribution in [0, 0.1) is 20.2 Å². The molecule has 1 atom stereocenters. The molecule has 0 spiro atoms. The number of fused-ring (bicyclic) bond motifs is 1. The minimum absolute atomic E-state index is 0.00336. The lowest BCUT2D eigenvalue weighted by Crippen LogP contribution is -2.64. The molecule has 0 saturated heterocycles. The van der Waals surface area contributed by atoms with Crippen LogP contribution in [0.3, 0.4) is 0 Å². The van der Waals surface area contributed by atoms with Gasteiger partial charge in [0.2, 0.25) is 0 Å². The molecule has 0 fully saturated rings. The van der Waals surface area contributed by atoms with E-state index in [0.717, 1.165) is 11.4 Å². The number of nitrogens with zero attached hydrogens (tertiary/aromatic N) is 3. The van der Waals surface area contributed by atoms with Crippen molar-refractivity contribution in [1.82, 2.24) is 16.0 Å². The van der Waals surface area contributed by atoms with Crippen molar-refractivity contribution < 1.29 is 9.85 Å². The van der Waals surface area contributed by atoms with Crippen molar-refractivity contribution in [1.29, 1.82) is 0 Å². The van der Waals surface area contributed by atoms with Crippen molar-refractivity contribution >= 4 is 22.7 Å². The number of nitrogens with one attached hydrogen (secondary N) is 3. The molecule has 2 aromatic rings. The number of rotatable bonds is 6. The maximum absolute atomic E-state index is 11.3. The molecule has 1 heterocycles. The highest BCUT2D eigenvalue weighted by Crippen LogP contribution is 2.46. The first-order valence-electron chi connectivity index (χ1n) is 8.27. The van der Waals surface area contributed by atoms with Crippen molar-refractivity contribution in [2.24, 2.45) is 0 Å². The van der Waals surface area contributed by atoms with E-state index in [1.165, 1.54) is 24.3 Å². The second kappa shape index (κ2) is 6.91. The molecule has 1 unspecified atom stereocenters. The Kier molecular flexibility index (Phi) is 4.79. The molecule has 27 heavy (non-hydrogen) atoms. The highest BCUT2D eigenvalue weighted by atomic mass is 16.6. The van der Waals surface area contributed by atoms with E-state index in [4.69, 9.17) is 0 Å². The van der Waals surface area contributed by atoms with Gasteiger partial charge in [-0.15, -0.1) is 0 Å². The third-order valence-corrected chi connectivity index (χ3v) is 4.94. The van der Waals surface area contributed by atoms with Crippen molar-refractivity contribution in [3.8, 4) is 0 Å². The molecule has 10 heteroatoms. The predicted molar refractivity (Wildman–Crippen MR) is 101 cm³/mol. The molecule has 0 bridgehead atoms. The van der Waals surface area contributed by atoms with E-state index in [9.17, 15) is 20.2 Å². The molecule has 10 nitrogen and oxygen atoms in total. The van der Waals surface area contributed by atoms with E-state index in [2.05, 4.69) is 16.0 Å². The standard InChI is InChI=1S/C17H20N6O4/c1-18-16-17(19-2,20-3)14-10-13(23(26)27)8-9-15(14)21(16)11-4-6-12(7-5-11)22(24)25/h4-10,16,18-20H,1-3H3. The molecule has 0 amide bonds. The van der Waals surface area contributed by atoms with Crippen LogP contribution in [0.25, 0.3) is 0 Å². The average Bonchev–Trinajstić information content (AvgIpc) is 2.97. The molecule has 0 aromatic heterocycles. The second-order valence-corrected chi connectivity index (χ2v) is 6.10. The molecular formula is C17H20N6O4. The van der Waals surface area contributed by atoms with Gasteiger partial charge in [0.1, 0.15) is 11.8 Å². The molecule has 3 N–H and O–H groups in total. The Balaban J connectivity index is 2.20. The number of likely N-dealkylation sites (N-methyl/N-ethyl adjacent to an activating group) is 3. The summed E-state index contributed by atoms with van der Waals surface area (Å²) in [5, 5.41) is 31.9. The van der Waals surface area contributed by atoms with Gasteiger partial charge in [-0.2, -0.15) is 0 Å². The Bertz CT molecular complexity index is 881. The number of benzene rings is 2. The van der Waals surface area contributed by atoms with Crippen LogP contribution in [-0.2, 0) is 5.66 Å². The summed E-state index contributed by atoms with van der Waals surface area (Å²) < 4.78 is 0. The SMILES string of the molecule is CNC1N(c2ccc([N+](=O)[O-])cc2)c2ccc([N+](=O)[O-])cc2C1(NC)NC. The van der Waals surface area contributed by atoms with Crippen molar-refractivity contribution in [3.63, 3.8) is 0 Å². The van der Waals surface area contributed by atoms with Crippen LogP contribution < -0.4 is 20.9 Å². The zero-order valence-electron chi connectivity index (χ0n) is 15.1. The average molecular weight is 372 g/mol. The summed E-state index contributed by atoms with van der Waals surface area (Å²) in [6.45, 7) is 0. The van der Waals surface area contributed by atoms with Crippen LogP contribution in [0.5, 0.6) is 0 Å². The van der Waals surface area contributed by atoms with E-state index >= 15 is 0 Å². The molecule has 1 aliphatic heterocycles. The first kappa shape index (κ1) is 18.7. The minimum Gasteiger partial charge on any atom is -0.321 e. The van der Waals surface area contributed by atoms with Gasteiger partial charge in [-0.25, -0.2) is 0 Å². The zero-order chi connectivity index (χ0) is 19.8. The lowest BCUT2D eigenvalue weighted by molar-refractivity contribution is -0.385. The highest BCUT2D eigenvalue weighted by molar-refractivity contribution is 5.75. The predicted octanol–water partition coefficient (Wildman–Crippen LogP) is 1.79. The van der Waals surface area contributed by atoms with Gasteiger partial charge in [-0.1, -0.05) is 0 Å². The second-order valence-electron chi connectivity index (χ2n) is 6.10. The summed E-state index contributed by atoms with van der Waals surface area (Å²) in [6.07, 6.45) is -0.342. The highest BCUT2D eigenvalue weighted by Gasteiger charge is 2.50. The van der Waals surface area contributed by atoms with Gasteiger partial charge in [0.25, 0.3) is 11.4 Å². The number of hydrogen-bond acceptors (Lipinski definition) is 8. The van der Waals surface area contributed by atoms with E-state index in [1.54, 1.807) is 39.3 Å². The van der Waals surface area contributed by atoms with Crippen molar-refractivity contribution in [2.75, 3.05) is 26.0 Å². The number of anilines is 2. The Morgan fingerprint density at radius 1 is 0.926 bits per heavy atom. The summed E-state index contributed by atoms with van der Waals surface area (Å²) in [7, 11) is 5.32. The van der Waals surface area contributed by atoms with E-state index in [-0.39, 0.29) is 17.5 Å². The molecule has 0 aliphatic carbocycles. The topological polar surface area (TPSA) is 126 Å². The summed E-state index contributed by atoms with van der Waals surface area (Å²) in [6, 6.07) is 10.9. The molecular weight excluding hydrogens is 352 g/mol. The third kappa shape index (κ3) is 2.79. The Hall–Kier alpha value is -3.08. The van der Waals surface area contributed by atoms with Crippen LogP contribution in [0.15, 0.2) is 42.5 Å². The number of nitro groups is 2. The summed E-state index contributed by atoms with van der Waals surface area (Å²) >= 11 is 0. The number of hydrogen-bond donors (Lipinski definition) is 3. The van der Waals surface area contributed by atoms with Crippen LogP contribution in [-0.4, -0.2) is 37.2 Å². The Morgan fingerprint density at radius 2 is 1.48 bits per heavy atom. The van der Waals surface area contributed by atoms with Gasteiger partial charge in [0, 0.05) is 41.2 Å². The Morgan fingerprint density at radius 3 is 1.96 bits per heavy atom. The maximum atomic E-state index is 11.3. The quantitative estimate of drug-likeness (QED) is 0.398. The molecule has 2 aromatic carbocycles. The van der Waals surface area contributed by atoms with Crippen molar-refractivity contribution in [3.05, 3.63) is 68.3 Å². The van der Waals surface area contributed by atoms with E-state index in [1.807, 2.05) is 4.90 Å². The summed E-state index contributed by atoms with van der Waals surface area (Å²) in [5.74, 6) is 0. The largest absolute Gasteiger partial charge is 0.321 e. The van der Waals surface area contributed by atoms with Gasteiger partial charge in [-0.3, -0.25) is 36.2 Å². The number of non-ortho nitro benzene ring substituents is 2. The third-order valence-electron chi connectivity index (χ3n) is 4.94. The molecule has 0 saturated carbocycles. The fourth-order valence-electron chi connectivity index (χ4n) is 3.68. The van der Waals surface area contributed by atoms with Gasteiger partial charge in [-0.05, 0) is 39.3 Å². The molecule has 3 rings (SSSR count). The Labute approximate surface area is 155 Å². The normalized spacial score (nSPS) is 17.6. The first-order valence-corrected chi connectivity index (χ1v) is 8.27. The monoisotopic (exact) mass is 372 g/mol. The van der Waals surface area contributed by atoms with Gasteiger partial charge >= 0.3 is 0 Å². The van der Waals surface area contributed by atoms with E-state index in [0.29, 0.717) is 5.56 Å². The van der Waals surface area contributed by atoms with Crippen LogP contribution in [0.4, 0.5) is 22.7 Å². The van der Waals surface area contributed by atoms with Crippen LogP contribution >= 0.6 is 0 Å². The molecule has 0 radical (unpaired) electrons. The maximum Gasteiger partial charge on any atom is 0.269 e. The van der Waals surface area contributed by atoms with Gasteiger partial charge in [0.05, 0.1) is 9.85 Å². The van der Waals surface area contributed by atoms with Gasteiger partial charge in [0.15, 0.2) is 0 Å². The fraction of sp³-hybridized carbons (Fsp3) is 0.294. The smallest absolute Gasteiger partial charge is 0.269 e. The molecule has 142 valence electrons. The fourth-order valence-corrected chi connectivity index (χ4v) is 3.68. The summed E-state index contributed by atoms with van der Waals surface area (Å²) in [5.41, 5.74) is 1.37. The van der Waals surface area contributed by atoms with E-state index < -0.39 is 15.5 Å². The number of nitro benzene ring substituents is 2. The van der Waals surface area contributed by atoms with Crippen LogP contribution in [0.1, 0.15) is 5.56 Å².